The molecule has 29 heavy (non-hydrogen) atoms. The molecule has 1 aromatic rings. The van der Waals surface area contributed by atoms with Crippen molar-refractivity contribution in [3.05, 3.63) is 34.9 Å². The zero-order chi connectivity index (χ0) is 20.5. The summed E-state index contributed by atoms with van der Waals surface area (Å²) in [5.41, 5.74) is 3.99. The van der Waals surface area contributed by atoms with Gasteiger partial charge in [0.05, 0.1) is 12.1 Å². The number of hydrogen-bond acceptors (Lipinski definition) is 5. The van der Waals surface area contributed by atoms with Crippen molar-refractivity contribution in [1.29, 1.82) is 0 Å². The summed E-state index contributed by atoms with van der Waals surface area (Å²) in [6.45, 7) is 4.70. The second kappa shape index (κ2) is 8.22. The van der Waals surface area contributed by atoms with E-state index in [0.29, 0.717) is 11.6 Å². The molecule has 1 aromatic carbocycles. The van der Waals surface area contributed by atoms with E-state index in [0.717, 1.165) is 37.1 Å². The Morgan fingerprint density at radius 1 is 1.24 bits per heavy atom. The fourth-order valence-corrected chi connectivity index (χ4v) is 4.78. The fraction of sp³-hybridized carbons (Fsp3) is 0.571. The Morgan fingerprint density at radius 3 is 2.62 bits per heavy atom. The molecule has 8 heteroatoms. The minimum absolute atomic E-state index is 0.0534. The van der Waals surface area contributed by atoms with Crippen molar-refractivity contribution in [3.63, 3.8) is 0 Å². The molecule has 0 bridgehead atoms. The summed E-state index contributed by atoms with van der Waals surface area (Å²) in [7, 11) is 0. The molecule has 0 spiro atoms. The molecule has 1 saturated carbocycles. The smallest absolute Gasteiger partial charge is 0.268 e. The van der Waals surface area contributed by atoms with Gasteiger partial charge in [-0.25, -0.2) is 0 Å². The van der Waals surface area contributed by atoms with E-state index in [-0.39, 0.29) is 36.4 Å². The fourth-order valence-electron chi connectivity index (χ4n) is 4.65. The van der Waals surface area contributed by atoms with E-state index >= 15 is 0 Å². The lowest BCUT2D eigenvalue weighted by Crippen LogP contribution is -2.70. The van der Waals surface area contributed by atoms with Crippen molar-refractivity contribution in [3.8, 4) is 0 Å². The SMILES string of the molecule is CC(C)C1=NNC2C(=O)N(CC(=O)NCc3ccc(Cl)cc3)C3CCCCC3N12. The Kier molecular flexibility index (Phi) is 5.67. The number of rotatable bonds is 5. The van der Waals surface area contributed by atoms with Crippen molar-refractivity contribution in [2.24, 2.45) is 11.0 Å². The Labute approximate surface area is 176 Å². The average Bonchev–Trinajstić information content (AvgIpc) is 3.16. The second-order valence-electron chi connectivity index (χ2n) is 8.35. The Bertz CT molecular complexity index is 810. The number of hydrogen-bond donors (Lipinski definition) is 2. The van der Waals surface area contributed by atoms with E-state index < -0.39 is 6.17 Å². The number of halogens is 1. The van der Waals surface area contributed by atoms with Crippen LogP contribution in [-0.2, 0) is 16.1 Å². The van der Waals surface area contributed by atoms with E-state index in [9.17, 15) is 9.59 Å². The first kappa shape index (κ1) is 20.0. The number of hydrazone groups is 1. The zero-order valence-electron chi connectivity index (χ0n) is 16.9. The zero-order valence-corrected chi connectivity index (χ0v) is 17.7. The molecular weight excluding hydrogens is 390 g/mol. The predicted octanol–water partition coefficient (Wildman–Crippen LogP) is 2.31. The summed E-state index contributed by atoms with van der Waals surface area (Å²) in [6.07, 6.45) is 3.67. The van der Waals surface area contributed by atoms with Gasteiger partial charge < -0.3 is 15.1 Å². The van der Waals surface area contributed by atoms with Crippen molar-refractivity contribution in [2.75, 3.05) is 6.54 Å². The average molecular weight is 418 g/mol. The maximum atomic E-state index is 13.2. The molecule has 2 heterocycles. The highest BCUT2D eigenvalue weighted by Gasteiger charge is 2.51. The molecule has 156 valence electrons. The van der Waals surface area contributed by atoms with Gasteiger partial charge in [-0.3, -0.25) is 15.0 Å². The van der Waals surface area contributed by atoms with E-state index in [1.165, 1.54) is 0 Å². The number of fused-ring (bicyclic) bond motifs is 3. The highest BCUT2D eigenvalue weighted by Crippen LogP contribution is 2.35. The summed E-state index contributed by atoms with van der Waals surface area (Å²) in [5, 5.41) is 8.05. The number of carbonyl (C=O) groups is 2. The van der Waals surface area contributed by atoms with Crippen molar-refractivity contribution in [1.82, 2.24) is 20.5 Å². The largest absolute Gasteiger partial charge is 0.350 e. The third kappa shape index (κ3) is 3.92. The quantitative estimate of drug-likeness (QED) is 0.770. The van der Waals surface area contributed by atoms with Gasteiger partial charge in [-0.2, -0.15) is 5.10 Å². The van der Waals surface area contributed by atoms with Gasteiger partial charge in [0.15, 0.2) is 6.17 Å². The number of amidine groups is 1. The topological polar surface area (TPSA) is 77.0 Å². The third-order valence-electron chi connectivity index (χ3n) is 6.05. The molecule has 2 amide bonds. The lowest BCUT2D eigenvalue weighted by atomic mass is 9.85. The predicted molar refractivity (Wildman–Crippen MR) is 112 cm³/mol. The molecule has 0 radical (unpaired) electrons. The number of benzene rings is 1. The molecule has 2 fully saturated rings. The highest BCUT2D eigenvalue weighted by atomic mass is 35.5. The summed E-state index contributed by atoms with van der Waals surface area (Å²) in [5.74, 6) is 0.993. The van der Waals surface area contributed by atoms with Crippen LogP contribution in [0, 0.1) is 5.92 Å². The Morgan fingerprint density at radius 2 is 1.93 bits per heavy atom. The molecule has 1 aliphatic carbocycles. The molecule has 3 atom stereocenters. The molecule has 0 aromatic heterocycles. The van der Waals surface area contributed by atoms with Gasteiger partial charge in [0.2, 0.25) is 5.91 Å². The molecule has 3 aliphatic rings. The van der Waals surface area contributed by atoms with Gasteiger partial charge in [0.1, 0.15) is 12.4 Å². The van der Waals surface area contributed by atoms with E-state index in [1.54, 1.807) is 17.0 Å². The first-order valence-electron chi connectivity index (χ1n) is 10.4. The summed E-state index contributed by atoms with van der Waals surface area (Å²) in [4.78, 5) is 29.8. The number of carbonyl (C=O) groups excluding carboxylic acids is 2. The maximum Gasteiger partial charge on any atom is 0.268 e. The van der Waals surface area contributed by atoms with Crippen LogP contribution >= 0.6 is 11.6 Å². The van der Waals surface area contributed by atoms with Gasteiger partial charge in [0.25, 0.3) is 5.91 Å². The van der Waals surface area contributed by atoms with Crippen LogP contribution in [0.4, 0.5) is 0 Å². The van der Waals surface area contributed by atoms with Crippen LogP contribution in [-0.4, -0.2) is 52.2 Å². The van der Waals surface area contributed by atoms with Crippen LogP contribution < -0.4 is 10.7 Å². The Hall–Kier alpha value is -2.28. The number of amides is 2. The molecule has 2 aliphatic heterocycles. The minimum Gasteiger partial charge on any atom is -0.350 e. The number of nitrogens with one attached hydrogen (secondary N) is 2. The molecular formula is C21H28ClN5O2. The summed E-state index contributed by atoms with van der Waals surface area (Å²) in [6, 6.07) is 7.64. The van der Waals surface area contributed by atoms with Crippen LogP contribution in [0.2, 0.25) is 5.02 Å². The van der Waals surface area contributed by atoms with Crippen LogP contribution in [0.3, 0.4) is 0 Å². The van der Waals surface area contributed by atoms with Gasteiger partial charge in [-0.1, -0.05) is 50.4 Å². The molecule has 2 N–H and O–H groups in total. The van der Waals surface area contributed by atoms with Crippen LogP contribution in [0.25, 0.3) is 0 Å². The van der Waals surface area contributed by atoms with Crippen molar-refractivity contribution < 1.29 is 9.59 Å². The van der Waals surface area contributed by atoms with E-state index in [2.05, 4.69) is 34.6 Å². The third-order valence-corrected chi connectivity index (χ3v) is 6.30. The van der Waals surface area contributed by atoms with Gasteiger partial charge in [-0.05, 0) is 30.5 Å². The summed E-state index contributed by atoms with van der Waals surface area (Å²) < 4.78 is 0. The van der Waals surface area contributed by atoms with Crippen LogP contribution in [0.5, 0.6) is 0 Å². The lowest BCUT2D eigenvalue weighted by Gasteiger charge is -2.51. The van der Waals surface area contributed by atoms with Crippen molar-refractivity contribution in [2.45, 2.75) is 64.3 Å². The number of nitrogens with zero attached hydrogens (tertiary/aromatic N) is 3. The number of piperazine rings is 1. The molecule has 7 nitrogen and oxygen atoms in total. The maximum absolute atomic E-state index is 13.2. The van der Waals surface area contributed by atoms with Gasteiger partial charge in [-0.15, -0.1) is 0 Å². The van der Waals surface area contributed by atoms with E-state index in [1.807, 2.05) is 12.1 Å². The highest BCUT2D eigenvalue weighted by molar-refractivity contribution is 6.30. The normalized spacial score (nSPS) is 26.0. The first-order valence-corrected chi connectivity index (χ1v) is 10.8. The minimum atomic E-state index is -0.490. The lowest BCUT2D eigenvalue weighted by molar-refractivity contribution is -0.152. The molecule has 1 saturated heterocycles. The van der Waals surface area contributed by atoms with E-state index in [4.69, 9.17) is 11.6 Å². The first-order chi connectivity index (χ1) is 14.0. The molecule has 3 unspecified atom stereocenters. The standard InChI is InChI=1S/C21H28ClN5O2/c1-13(2)19-24-25-20-21(29)26(16-5-3-4-6-17(16)27(19)20)12-18(28)23-11-14-7-9-15(22)10-8-14/h7-10,13,16-17,20,25H,3-6,11-12H2,1-2H3,(H,23,28). The van der Waals surface area contributed by atoms with Crippen molar-refractivity contribution >= 4 is 29.3 Å². The second-order valence-corrected chi connectivity index (χ2v) is 8.79. The Balaban J connectivity index is 1.45. The molecule has 4 rings (SSSR count). The van der Waals surface area contributed by atoms with Gasteiger partial charge in [0, 0.05) is 17.5 Å². The van der Waals surface area contributed by atoms with Crippen LogP contribution in [0.1, 0.15) is 45.1 Å². The van der Waals surface area contributed by atoms with Crippen LogP contribution in [0.15, 0.2) is 29.4 Å². The van der Waals surface area contributed by atoms with Gasteiger partial charge >= 0.3 is 0 Å². The summed E-state index contributed by atoms with van der Waals surface area (Å²) >= 11 is 5.91. The monoisotopic (exact) mass is 417 g/mol.